The summed E-state index contributed by atoms with van der Waals surface area (Å²) in [5.74, 6) is 0. The summed E-state index contributed by atoms with van der Waals surface area (Å²) in [6, 6.07) is 7.74. The molecule has 0 aliphatic rings. The van der Waals surface area contributed by atoms with Gasteiger partial charge in [0.25, 0.3) is 0 Å². The zero-order valence-electron chi connectivity index (χ0n) is 8.69. The number of aryl methyl sites for hydroxylation is 2. The molecule has 76 valence electrons. The van der Waals surface area contributed by atoms with Crippen LogP contribution in [0.5, 0.6) is 0 Å². The summed E-state index contributed by atoms with van der Waals surface area (Å²) < 4.78 is 3.20. The van der Waals surface area contributed by atoms with E-state index in [0.29, 0.717) is 6.42 Å². The molecule has 0 spiro atoms. The van der Waals surface area contributed by atoms with Gasteiger partial charge in [-0.05, 0) is 17.7 Å². The molecule has 0 aliphatic heterocycles. The molecule has 0 amide bonds. The summed E-state index contributed by atoms with van der Waals surface area (Å²) in [4.78, 5) is 11.6. The van der Waals surface area contributed by atoms with Crippen LogP contribution in [0.4, 0.5) is 0 Å². The van der Waals surface area contributed by atoms with Crippen molar-refractivity contribution < 1.29 is 0 Å². The molecule has 1 aromatic carbocycles. The lowest BCUT2D eigenvalue weighted by atomic mass is 10.1. The van der Waals surface area contributed by atoms with Crippen LogP contribution in [0, 0.1) is 11.3 Å². The predicted octanol–water partition coefficient (Wildman–Crippen LogP) is 0.943. The number of nitriles is 1. The average molecular weight is 201 g/mol. The Hall–Kier alpha value is -2.02. The molecule has 0 N–H and O–H groups in total. The largest absolute Gasteiger partial charge is 0.328 e. The minimum absolute atomic E-state index is 0.0425. The molecule has 4 nitrogen and oxygen atoms in total. The van der Waals surface area contributed by atoms with E-state index in [-0.39, 0.29) is 5.69 Å². The summed E-state index contributed by atoms with van der Waals surface area (Å²) in [6.07, 6.45) is 0.374. The van der Waals surface area contributed by atoms with Crippen LogP contribution >= 0.6 is 0 Å². The van der Waals surface area contributed by atoms with Crippen LogP contribution in [0.15, 0.2) is 23.0 Å². The van der Waals surface area contributed by atoms with Crippen molar-refractivity contribution in [2.24, 2.45) is 14.1 Å². The highest BCUT2D eigenvalue weighted by atomic mass is 16.1. The summed E-state index contributed by atoms with van der Waals surface area (Å²) in [7, 11) is 3.48. The maximum atomic E-state index is 11.6. The molecule has 0 bridgehead atoms. The van der Waals surface area contributed by atoms with Crippen molar-refractivity contribution in [3.05, 3.63) is 34.2 Å². The quantitative estimate of drug-likeness (QED) is 0.689. The molecule has 1 aromatic heterocycles. The number of nitrogens with zero attached hydrogens (tertiary/aromatic N) is 3. The first-order valence-corrected chi connectivity index (χ1v) is 4.66. The van der Waals surface area contributed by atoms with Crippen LogP contribution in [0.2, 0.25) is 0 Å². The highest BCUT2D eigenvalue weighted by molar-refractivity contribution is 5.76. The van der Waals surface area contributed by atoms with Gasteiger partial charge in [-0.15, -0.1) is 0 Å². The maximum Gasteiger partial charge on any atom is 0.328 e. The molecule has 0 saturated heterocycles. The van der Waals surface area contributed by atoms with E-state index in [0.717, 1.165) is 16.6 Å². The Labute approximate surface area is 87.0 Å². The van der Waals surface area contributed by atoms with Crippen LogP contribution in [0.25, 0.3) is 11.0 Å². The first kappa shape index (κ1) is 9.53. The number of hydrogen-bond donors (Lipinski definition) is 0. The number of imidazole rings is 1. The van der Waals surface area contributed by atoms with Gasteiger partial charge in [-0.3, -0.25) is 9.13 Å². The van der Waals surface area contributed by atoms with E-state index in [1.165, 1.54) is 0 Å². The smallest absolute Gasteiger partial charge is 0.295 e. The fourth-order valence-electron chi connectivity index (χ4n) is 1.75. The van der Waals surface area contributed by atoms with Gasteiger partial charge < -0.3 is 0 Å². The second-order valence-corrected chi connectivity index (χ2v) is 3.56. The third-order valence-electron chi connectivity index (χ3n) is 2.62. The van der Waals surface area contributed by atoms with E-state index in [4.69, 9.17) is 5.26 Å². The average Bonchev–Trinajstić information content (AvgIpc) is 2.45. The van der Waals surface area contributed by atoms with E-state index >= 15 is 0 Å². The van der Waals surface area contributed by atoms with E-state index in [9.17, 15) is 4.79 Å². The van der Waals surface area contributed by atoms with Crippen LogP contribution in [-0.4, -0.2) is 9.13 Å². The van der Waals surface area contributed by atoms with E-state index in [2.05, 4.69) is 6.07 Å². The van der Waals surface area contributed by atoms with Gasteiger partial charge in [0.15, 0.2) is 0 Å². The topological polar surface area (TPSA) is 50.7 Å². The summed E-state index contributed by atoms with van der Waals surface area (Å²) >= 11 is 0. The molecule has 2 aromatic rings. The highest BCUT2D eigenvalue weighted by Gasteiger charge is 2.07. The van der Waals surface area contributed by atoms with Gasteiger partial charge >= 0.3 is 5.69 Å². The van der Waals surface area contributed by atoms with Gasteiger partial charge in [-0.1, -0.05) is 6.07 Å². The number of hydrogen-bond acceptors (Lipinski definition) is 2. The molecular formula is C11H11N3O. The number of aromatic nitrogens is 2. The summed E-state index contributed by atoms with van der Waals surface area (Å²) in [6.45, 7) is 0. The molecule has 0 fully saturated rings. The van der Waals surface area contributed by atoms with E-state index in [1.54, 1.807) is 23.2 Å². The van der Waals surface area contributed by atoms with Crippen molar-refractivity contribution >= 4 is 11.0 Å². The second-order valence-electron chi connectivity index (χ2n) is 3.56. The molecule has 0 saturated carbocycles. The molecule has 0 aliphatic carbocycles. The zero-order valence-corrected chi connectivity index (χ0v) is 8.69. The molecular weight excluding hydrogens is 190 g/mol. The van der Waals surface area contributed by atoms with Crippen LogP contribution < -0.4 is 5.69 Å². The molecule has 0 unspecified atom stereocenters. The van der Waals surface area contributed by atoms with Crippen molar-refractivity contribution in [2.45, 2.75) is 6.42 Å². The zero-order chi connectivity index (χ0) is 11.0. The third-order valence-corrected chi connectivity index (χ3v) is 2.62. The van der Waals surface area contributed by atoms with Crippen molar-refractivity contribution in [1.82, 2.24) is 9.13 Å². The first-order chi connectivity index (χ1) is 7.15. The van der Waals surface area contributed by atoms with Crippen molar-refractivity contribution in [2.75, 3.05) is 0 Å². The molecule has 2 rings (SSSR count). The fourth-order valence-corrected chi connectivity index (χ4v) is 1.75. The number of rotatable bonds is 1. The minimum Gasteiger partial charge on any atom is -0.295 e. The van der Waals surface area contributed by atoms with Crippen molar-refractivity contribution in [3.63, 3.8) is 0 Å². The predicted molar refractivity (Wildman–Crippen MR) is 57.5 cm³/mol. The van der Waals surface area contributed by atoms with Crippen molar-refractivity contribution in [1.29, 1.82) is 5.26 Å². The van der Waals surface area contributed by atoms with E-state index < -0.39 is 0 Å². The standard InChI is InChI=1S/C11H11N3O/c1-13-9-4-3-8(5-6-12)7-10(9)14(2)11(13)15/h3-4,7H,5H2,1-2H3. The lowest BCUT2D eigenvalue weighted by Crippen LogP contribution is -2.19. The van der Waals surface area contributed by atoms with Gasteiger partial charge in [-0.2, -0.15) is 5.26 Å². The Bertz CT molecular complexity index is 613. The van der Waals surface area contributed by atoms with E-state index in [1.807, 2.05) is 18.2 Å². The molecule has 4 heteroatoms. The summed E-state index contributed by atoms with van der Waals surface area (Å²) in [5.41, 5.74) is 2.66. The SMILES string of the molecule is Cn1c(=O)n(C)c2cc(CC#N)ccc21. The van der Waals surface area contributed by atoms with Crippen LogP contribution in [-0.2, 0) is 20.5 Å². The molecule has 0 atom stereocenters. The summed E-state index contributed by atoms with van der Waals surface area (Å²) in [5, 5.41) is 8.60. The third kappa shape index (κ3) is 1.33. The van der Waals surface area contributed by atoms with Gasteiger partial charge in [-0.25, -0.2) is 4.79 Å². The molecule has 1 heterocycles. The van der Waals surface area contributed by atoms with Gasteiger partial charge in [0, 0.05) is 14.1 Å². The number of benzene rings is 1. The van der Waals surface area contributed by atoms with Gasteiger partial charge in [0.1, 0.15) is 0 Å². The Morgan fingerprint density at radius 3 is 2.60 bits per heavy atom. The van der Waals surface area contributed by atoms with Gasteiger partial charge in [0.2, 0.25) is 0 Å². The lowest BCUT2D eigenvalue weighted by Gasteiger charge is -1.97. The van der Waals surface area contributed by atoms with Crippen LogP contribution in [0.3, 0.4) is 0 Å². The Kier molecular flexibility index (Phi) is 2.09. The highest BCUT2D eigenvalue weighted by Crippen LogP contribution is 2.13. The minimum atomic E-state index is -0.0425. The molecule has 0 radical (unpaired) electrons. The Morgan fingerprint density at radius 1 is 1.27 bits per heavy atom. The normalized spacial score (nSPS) is 10.5. The Morgan fingerprint density at radius 2 is 1.93 bits per heavy atom. The van der Waals surface area contributed by atoms with Crippen molar-refractivity contribution in [3.8, 4) is 6.07 Å². The molecule has 15 heavy (non-hydrogen) atoms. The first-order valence-electron chi connectivity index (χ1n) is 4.66. The fraction of sp³-hybridized carbons (Fsp3) is 0.273. The lowest BCUT2D eigenvalue weighted by molar-refractivity contribution is 0.795. The van der Waals surface area contributed by atoms with Gasteiger partial charge in [0.05, 0.1) is 23.5 Å². The van der Waals surface area contributed by atoms with Crippen LogP contribution in [0.1, 0.15) is 5.56 Å². The number of fused-ring (bicyclic) bond motifs is 1. The Balaban J connectivity index is 2.78. The maximum absolute atomic E-state index is 11.6. The monoisotopic (exact) mass is 201 g/mol. The second kappa shape index (κ2) is 3.28.